The van der Waals surface area contributed by atoms with Crippen molar-refractivity contribution < 1.29 is 4.79 Å². The van der Waals surface area contributed by atoms with Gasteiger partial charge >= 0.3 is 0 Å². The first-order valence-corrected chi connectivity index (χ1v) is 7.62. The van der Waals surface area contributed by atoms with Crippen molar-refractivity contribution in [3.63, 3.8) is 0 Å². The molecule has 22 heavy (non-hydrogen) atoms. The number of allylic oxidation sites excluding steroid dienone is 1. The van der Waals surface area contributed by atoms with Gasteiger partial charge in [-0.25, -0.2) is 0 Å². The number of carbonyl (C=O) groups is 1. The second kappa shape index (κ2) is 7.46. The first-order valence-electron chi connectivity index (χ1n) is 7.62. The number of anilines is 1. The summed E-state index contributed by atoms with van der Waals surface area (Å²) in [6.07, 6.45) is 8.30. The molecule has 1 aromatic rings. The molecule has 0 aliphatic carbocycles. The number of rotatable bonds is 6. The minimum Gasteiger partial charge on any atom is -0.356 e. The van der Waals surface area contributed by atoms with Crippen LogP contribution in [0.3, 0.4) is 0 Å². The topological polar surface area (TPSA) is 56.1 Å². The lowest BCUT2D eigenvalue weighted by molar-refractivity contribution is -0.122. The zero-order chi connectivity index (χ0) is 15.9. The second-order valence-corrected chi connectivity index (χ2v) is 5.30. The first-order chi connectivity index (χ1) is 10.7. The number of benzene rings is 1. The Hall–Kier alpha value is -2.54. The Balaban J connectivity index is 2.24. The van der Waals surface area contributed by atoms with Gasteiger partial charge in [0, 0.05) is 18.0 Å². The third kappa shape index (κ3) is 3.56. The number of hydrogen-bond acceptors (Lipinski definition) is 3. The summed E-state index contributed by atoms with van der Waals surface area (Å²) in [6.45, 7) is 4.54. The highest BCUT2D eigenvalue weighted by Crippen LogP contribution is 2.25. The van der Waals surface area contributed by atoms with Gasteiger partial charge in [0.25, 0.3) is 5.91 Å². The highest BCUT2D eigenvalue weighted by Gasteiger charge is 2.20. The number of amides is 1. The van der Waals surface area contributed by atoms with Crippen LogP contribution in [0.1, 0.15) is 37.8 Å². The lowest BCUT2D eigenvalue weighted by atomic mass is 10.0. The van der Waals surface area contributed by atoms with Crippen LogP contribution >= 0.6 is 0 Å². The van der Waals surface area contributed by atoms with Crippen LogP contribution in [0.25, 0.3) is 0 Å². The number of nitriles is 1. The third-order valence-corrected chi connectivity index (χ3v) is 3.61. The number of unbranched alkanes of at least 4 members (excludes halogenated alkanes) is 1. The molecule has 0 aromatic heterocycles. The highest BCUT2D eigenvalue weighted by molar-refractivity contribution is 5.93. The summed E-state index contributed by atoms with van der Waals surface area (Å²) in [5, 5.41) is 12.6. The number of para-hydroxylation sites is 1. The zero-order valence-corrected chi connectivity index (χ0v) is 13.1. The number of carbonyl (C=O) groups excluding carboxylic acids is 1. The maximum Gasteiger partial charge on any atom is 0.252 e. The molecule has 0 saturated heterocycles. The first kappa shape index (κ1) is 15.8. The van der Waals surface area contributed by atoms with E-state index in [9.17, 15) is 10.1 Å². The summed E-state index contributed by atoms with van der Waals surface area (Å²) in [5.74, 6) is -0.0369. The van der Waals surface area contributed by atoms with Gasteiger partial charge in [0.1, 0.15) is 6.07 Å². The van der Waals surface area contributed by atoms with Crippen molar-refractivity contribution in [3.05, 3.63) is 53.4 Å². The Morgan fingerprint density at radius 2 is 2.27 bits per heavy atom. The van der Waals surface area contributed by atoms with E-state index < -0.39 is 0 Å². The summed E-state index contributed by atoms with van der Waals surface area (Å²) in [4.78, 5) is 13.5. The van der Waals surface area contributed by atoms with Crippen molar-refractivity contribution >= 4 is 11.6 Å². The lowest BCUT2D eigenvalue weighted by Gasteiger charge is -2.15. The van der Waals surface area contributed by atoms with Gasteiger partial charge in [-0.15, -0.1) is 0 Å². The number of nitrogens with one attached hydrogen (secondary N) is 1. The van der Waals surface area contributed by atoms with Gasteiger partial charge in [-0.05, 0) is 31.4 Å². The van der Waals surface area contributed by atoms with Crippen molar-refractivity contribution in [1.29, 1.82) is 5.26 Å². The van der Waals surface area contributed by atoms with E-state index >= 15 is 0 Å². The van der Waals surface area contributed by atoms with Crippen LogP contribution in [-0.2, 0) is 11.2 Å². The Labute approximate surface area is 131 Å². The van der Waals surface area contributed by atoms with E-state index in [0.717, 1.165) is 36.2 Å². The SMILES string of the molecule is CC=CN1CC(Nc2c(C#N)cccc2CCCC)=CC1=O. The van der Waals surface area contributed by atoms with E-state index in [1.807, 2.05) is 25.1 Å². The molecule has 4 nitrogen and oxygen atoms in total. The fraction of sp³-hybridized carbons (Fsp3) is 0.333. The molecule has 1 aliphatic heterocycles. The van der Waals surface area contributed by atoms with Crippen LogP contribution in [0.15, 0.2) is 42.2 Å². The Morgan fingerprint density at radius 1 is 1.45 bits per heavy atom. The number of aryl methyl sites for hydroxylation is 1. The van der Waals surface area contributed by atoms with Crippen molar-refractivity contribution in [2.45, 2.75) is 33.1 Å². The van der Waals surface area contributed by atoms with Crippen LogP contribution in [0.2, 0.25) is 0 Å². The van der Waals surface area contributed by atoms with Gasteiger partial charge in [0.2, 0.25) is 0 Å². The van der Waals surface area contributed by atoms with E-state index in [4.69, 9.17) is 0 Å². The normalized spacial score (nSPS) is 14.3. The van der Waals surface area contributed by atoms with E-state index in [1.165, 1.54) is 0 Å². The minimum absolute atomic E-state index is 0.0369. The summed E-state index contributed by atoms with van der Waals surface area (Å²) in [7, 11) is 0. The maximum atomic E-state index is 11.9. The minimum atomic E-state index is -0.0369. The monoisotopic (exact) mass is 295 g/mol. The summed E-state index contributed by atoms with van der Waals surface area (Å²) >= 11 is 0. The van der Waals surface area contributed by atoms with Gasteiger partial charge in [-0.2, -0.15) is 5.26 Å². The molecule has 0 radical (unpaired) electrons. The molecule has 1 aliphatic rings. The zero-order valence-electron chi connectivity index (χ0n) is 13.1. The van der Waals surface area contributed by atoms with Gasteiger partial charge in [0.05, 0.1) is 17.8 Å². The van der Waals surface area contributed by atoms with Gasteiger partial charge in [0.15, 0.2) is 0 Å². The molecular weight excluding hydrogens is 274 g/mol. The van der Waals surface area contributed by atoms with Gasteiger partial charge < -0.3 is 10.2 Å². The fourth-order valence-corrected chi connectivity index (χ4v) is 2.50. The summed E-state index contributed by atoms with van der Waals surface area (Å²) in [5.41, 5.74) is 3.40. The molecule has 1 aromatic carbocycles. The number of nitrogens with zero attached hydrogens (tertiary/aromatic N) is 2. The lowest BCUT2D eigenvalue weighted by Crippen LogP contribution is -2.20. The van der Waals surface area contributed by atoms with Crippen molar-refractivity contribution in [3.8, 4) is 6.07 Å². The van der Waals surface area contributed by atoms with E-state index in [1.54, 1.807) is 23.2 Å². The molecule has 2 rings (SSSR count). The van der Waals surface area contributed by atoms with E-state index in [-0.39, 0.29) is 5.91 Å². The van der Waals surface area contributed by atoms with Crippen LogP contribution in [0.4, 0.5) is 5.69 Å². The second-order valence-electron chi connectivity index (χ2n) is 5.30. The highest BCUT2D eigenvalue weighted by atomic mass is 16.2. The molecule has 1 amide bonds. The molecule has 0 bridgehead atoms. The standard InChI is InChI=1S/C18H21N3O/c1-3-5-7-14-8-6-9-15(12-19)18(14)20-16-11-17(22)21(13-16)10-4-2/h4,6,8-11,20H,3,5,7,13H2,1-2H3. The van der Waals surface area contributed by atoms with Crippen molar-refractivity contribution in [2.75, 3.05) is 11.9 Å². The molecule has 0 fully saturated rings. The van der Waals surface area contributed by atoms with Crippen molar-refractivity contribution in [1.82, 2.24) is 4.90 Å². The molecule has 0 spiro atoms. The van der Waals surface area contributed by atoms with E-state index in [0.29, 0.717) is 12.1 Å². The van der Waals surface area contributed by atoms with Crippen LogP contribution in [0.5, 0.6) is 0 Å². The third-order valence-electron chi connectivity index (χ3n) is 3.61. The van der Waals surface area contributed by atoms with E-state index in [2.05, 4.69) is 18.3 Å². The summed E-state index contributed by atoms with van der Waals surface area (Å²) in [6, 6.07) is 7.99. The molecule has 1 heterocycles. The van der Waals surface area contributed by atoms with Crippen molar-refractivity contribution in [2.24, 2.45) is 0 Å². The summed E-state index contributed by atoms with van der Waals surface area (Å²) < 4.78 is 0. The van der Waals surface area contributed by atoms with Gasteiger partial charge in [-0.1, -0.05) is 31.6 Å². The average Bonchev–Trinajstić information content (AvgIpc) is 2.86. The quantitative estimate of drug-likeness (QED) is 0.872. The Kier molecular flexibility index (Phi) is 5.37. The number of hydrogen-bond donors (Lipinski definition) is 1. The van der Waals surface area contributed by atoms with Crippen LogP contribution < -0.4 is 5.32 Å². The van der Waals surface area contributed by atoms with Gasteiger partial charge in [-0.3, -0.25) is 4.79 Å². The van der Waals surface area contributed by atoms with Crippen LogP contribution in [0, 0.1) is 11.3 Å². The predicted molar refractivity (Wildman–Crippen MR) is 88.0 cm³/mol. The van der Waals surface area contributed by atoms with Crippen LogP contribution in [-0.4, -0.2) is 17.4 Å². The fourth-order valence-electron chi connectivity index (χ4n) is 2.50. The Bertz CT molecular complexity index is 653. The molecule has 1 N–H and O–H groups in total. The average molecular weight is 295 g/mol. The Morgan fingerprint density at radius 3 is 2.95 bits per heavy atom. The molecule has 0 unspecified atom stereocenters. The smallest absolute Gasteiger partial charge is 0.252 e. The molecule has 0 atom stereocenters. The molecule has 4 heteroatoms. The molecule has 0 saturated carbocycles. The molecular formula is C18H21N3O. The predicted octanol–water partition coefficient (Wildman–Crippen LogP) is 3.57. The maximum absolute atomic E-state index is 11.9. The largest absolute Gasteiger partial charge is 0.356 e. The molecule has 114 valence electrons.